The van der Waals surface area contributed by atoms with Gasteiger partial charge in [0.05, 0.1) is 11.6 Å². The van der Waals surface area contributed by atoms with Gasteiger partial charge in [0.25, 0.3) is 0 Å². The monoisotopic (exact) mass is 191 g/mol. The van der Waals surface area contributed by atoms with Gasteiger partial charge in [0, 0.05) is 6.21 Å². The molecule has 0 radical (unpaired) electrons. The molecule has 0 aromatic heterocycles. The van der Waals surface area contributed by atoms with Crippen LogP contribution < -0.4 is 0 Å². The van der Waals surface area contributed by atoms with E-state index in [0.717, 1.165) is 5.56 Å². The first kappa shape index (κ1) is 10.9. The molecule has 0 saturated heterocycles. The highest BCUT2D eigenvalue weighted by Crippen LogP contribution is 2.14. The van der Waals surface area contributed by atoms with Crippen LogP contribution in [-0.2, 0) is 0 Å². The lowest BCUT2D eigenvalue weighted by atomic mass is 10.00. The summed E-state index contributed by atoms with van der Waals surface area (Å²) < 4.78 is 0. The topological polar surface area (TPSA) is 32.6 Å². The molecule has 1 atom stereocenters. The molecule has 0 heterocycles. The number of rotatable bonds is 3. The first-order chi connectivity index (χ1) is 6.52. The Morgan fingerprint density at radius 1 is 1.29 bits per heavy atom. The number of aliphatic hydroxyl groups excluding tert-OH is 1. The standard InChI is InChI=1S/C12H17NO/c1-10(14)12(2,3)13-9-11-7-5-4-6-8-11/h4-10,14H,1-3H3. The SMILES string of the molecule is CC(O)C(C)(C)N=Cc1ccccc1. The highest BCUT2D eigenvalue weighted by atomic mass is 16.3. The fourth-order valence-electron chi connectivity index (χ4n) is 0.888. The number of hydrogen-bond acceptors (Lipinski definition) is 2. The van der Waals surface area contributed by atoms with E-state index in [4.69, 9.17) is 0 Å². The van der Waals surface area contributed by atoms with Crippen molar-refractivity contribution >= 4 is 6.21 Å². The molecular formula is C12H17NO. The fraction of sp³-hybridized carbons (Fsp3) is 0.417. The quantitative estimate of drug-likeness (QED) is 0.730. The van der Waals surface area contributed by atoms with Gasteiger partial charge < -0.3 is 5.11 Å². The molecule has 0 aliphatic rings. The average molecular weight is 191 g/mol. The molecule has 0 bridgehead atoms. The van der Waals surface area contributed by atoms with Gasteiger partial charge in [0.15, 0.2) is 0 Å². The van der Waals surface area contributed by atoms with E-state index in [-0.39, 0.29) is 0 Å². The van der Waals surface area contributed by atoms with Crippen molar-refractivity contribution in [1.29, 1.82) is 0 Å². The zero-order valence-corrected chi connectivity index (χ0v) is 8.94. The molecule has 1 aromatic carbocycles. The summed E-state index contributed by atoms with van der Waals surface area (Å²) in [6.45, 7) is 5.58. The molecule has 0 aliphatic carbocycles. The van der Waals surface area contributed by atoms with Crippen LogP contribution in [0.1, 0.15) is 26.3 Å². The van der Waals surface area contributed by atoms with E-state index in [0.29, 0.717) is 0 Å². The molecule has 1 aromatic rings. The van der Waals surface area contributed by atoms with Crippen molar-refractivity contribution in [3.63, 3.8) is 0 Å². The lowest BCUT2D eigenvalue weighted by molar-refractivity contribution is 0.123. The summed E-state index contributed by atoms with van der Waals surface area (Å²) in [6, 6.07) is 9.88. The van der Waals surface area contributed by atoms with Crippen molar-refractivity contribution in [3.05, 3.63) is 35.9 Å². The third-order valence-corrected chi connectivity index (χ3v) is 2.37. The Morgan fingerprint density at radius 2 is 1.86 bits per heavy atom. The highest BCUT2D eigenvalue weighted by molar-refractivity contribution is 5.79. The molecule has 1 unspecified atom stereocenters. The van der Waals surface area contributed by atoms with E-state index < -0.39 is 11.6 Å². The molecule has 1 rings (SSSR count). The third-order valence-electron chi connectivity index (χ3n) is 2.37. The van der Waals surface area contributed by atoms with Crippen LogP contribution in [0.4, 0.5) is 0 Å². The van der Waals surface area contributed by atoms with E-state index in [1.807, 2.05) is 44.2 Å². The molecule has 2 heteroatoms. The summed E-state index contributed by atoms with van der Waals surface area (Å²) in [5.41, 5.74) is 0.636. The van der Waals surface area contributed by atoms with Crippen molar-refractivity contribution in [3.8, 4) is 0 Å². The Morgan fingerprint density at radius 3 is 2.36 bits per heavy atom. The van der Waals surface area contributed by atoms with E-state index in [1.54, 1.807) is 13.1 Å². The van der Waals surface area contributed by atoms with Crippen LogP contribution in [0.5, 0.6) is 0 Å². The first-order valence-electron chi connectivity index (χ1n) is 4.81. The van der Waals surface area contributed by atoms with Gasteiger partial charge in [0.1, 0.15) is 0 Å². The zero-order valence-electron chi connectivity index (χ0n) is 8.94. The van der Waals surface area contributed by atoms with Crippen LogP contribution >= 0.6 is 0 Å². The largest absolute Gasteiger partial charge is 0.391 e. The third kappa shape index (κ3) is 2.96. The van der Waals surface area contributed by atoms with Crippen LogP contribution in [-0.4, -0.2) is 23.0 Å². The predicted molar refractivity (Wildman–Crippen MR) is 59.8 cm³/mol. The molecule has 76 valence electrons. The molecule has 0 aliphatic heterocycles. The van der Waals surface area contributed by atoms with Gasteiger partial charge in [-0.2, -0.15) is 0 Å². The van der Waals surface area contributed by atoms with Crippen molar-refractivity contribution in [2.24, 2.45) is 4.99 Å². The summed E-state index contributed by atoms with van der Waals surface area (Å²) in [4.78, 5) is 4.35. The van der Waals surface area contributed by atoms with E-state index in [1.165, 1.54) is 0 Å². The van der Waals surface area contributed by atoms with E-state index in [2.05, 4.69) is 4.99 Å². The zero-order chi connectivity index (χ0) is 10.6. The Balaban J connectivity index is 2.74. The summed E-state index contributed by atoms with van der Waals surface area (Å²) in [5.74, 6) is 0. The normalized spacial score (nSPS) is 14.6. The van der Waals surface area contributed by atoms with Crippen molar-refractivity contribution in [2.45, 2.75) is 32.4 Å². The second-order valence-corrected chi connectivity index (χ2v) is 4.00. The second kappa shape index (κ2) is 4.38. The predicted octanol–water partition coefficient (Wildman–Crippen LogP) is 2.26. The summed E-state index contributed by atoms with van der Waals surface area (Å²) >= 11 is 0. The van der Waals surface area contributed by atoms with Gasteiger partial charge in [-0.1, -0.05) is 30.3 Å². The molecule has 0 fully saturated rings. The van der Waals surface area contributed by atoms with Gasteiger partial charge >= 0.3 is 0 Å². The molecular weight excluding hydrogens is 174 g/mol. The number of nitrogens with zero attached hydrogens (tertiary/aromatic N) is 1. The number of benzene rings is 1. The van der Waals surface area contributed by atoms with Crippen molar-refractivity contribution in [2.75, 3.05) is 0 Å². The van der Waals surface area contributed by atoms with Crippen LogP contribution in [0, 0.1) is 0 Å². The Bertz CT molecular complexity index is 301. The van der Waals surface area contributed by atoms with Crippen LogP contribution in [0.2, 0.25) is 0 Å². The van der Waals surface area contributed by atoms with Crippen LogP contribution in [0.15, 0.2) is 35.3 Å². The van der Waals surface area contributed by atoms with Gasteiger partial charge in [-0.15, -0.1) is 0 Å². The fourth-order valence-corrected chi connectivity index (χ4v) is 0.888. The number of aliphatic imine (C=N–C) groups is 1. The summed E-state index contributed by atoms with van der Waals surface area (Å²) in [5, 5.41) is 9.44. The molecule has 14 heavy (non-hydrogen) atoms. The minimum atomic E-state index is -0.442. The maximum absolute atomic E-state index is 9.44. The lowest BCUT2D eigenvalue weighted by Crippen LogP contribution is -2.31. The lowest BCUT2D eigenvalue weighted by Gasteiger charge is -2.22. The minimum Gasteiger partial charge on any atom is -0.391 e. The maximum Gasteiger partial charge on any atom is 0.0807 e. The number of hydrogen-bond donors (Lipinski definition) is 1. The van der Waals surface area contributed by atoms with E-state index >= 15 is 0 Å². The summed E-state index contributed by atoms with van der Waals surface area (Å²) in [6.07, 6.45) is 1.36. The van der Waals surface area contributed by atoms with Gasteiger partial charge in [-0.3, -0.25) is 4.99 Å². The second-order valence-electron chi connectivity index (χ2n) is 4.00. The molecule has 1 N–H and O–H groups in total. The Kier molecular flexibility index (Phi) is 3.42. The smallest absolute Gasteiger partial charge is 0.0807 e. The number of aliphatic hydroxyl groups is 1. The Hall–Kier alpha value is -1.15. The van der Waals surface area contributed by atoms with Crippen molar-refractivity contribution in [1.82, 2.24) is 0 Å². The molecule has 0 amide bonds. The highest BCUT2D eigenvalue weighted by Gasteiger charge is 2.21. The Labute approximate surface area is 85.3 Å². The first-order valence-corrected chi connectivity index (χ1v) is 4.81. The van der Waals surface area contributed by atoms with Crippen molar-refractivity contribution < 1.29 is 5.11 Å². The molecule has 2 nitrogen and oxygen atoms in total. The van der Waals surface area contributed by atoms with Gasteiger partial charge in [0.2, 0.25) is 0 Å². The van der Waals surface area contributed by atoms with E-state index in [9.17, 15) is 5.11 Å². The molecule has 0 spiro atoms. The van der Waals surface area contributed by atoms with Gasteiger partial charge in [-0.05, 0) is 26.3 Å². The van der Waals surface area contributed by atoms with Gasteiger partial charge in [-0.25, -0.2) is 0 Å². The van der Waals surface area contributed by atoms with Crippen LogP contribution in [0.25, 0.3) is 0 Å². The van der Waals surface area contributed by atoms with Crippen LogP contribution in [0.3, 0.4) is 0 Å². The molecule has 0 saturated carbocycles. The summed E-state index contributed by atoms with van der Waals surface area (Å²) in [7, 11) is 0. The maximum atomic E-state index is 9.44. The average Bonchev–Trinajstić information content (AvgIpc) is 2.16. The minimum absolute atomic E-state index is 0.421.